The summed E-state index contributed by atoms with van der Waals surface area (Å²) in [6, 6.07) is 13.9. The number of rotatable bonds is 1. The van der Waals surface area contributed by atoms with Crippen LogP contribution in [-0.4, -0.2) is 4.98 Å². The van der Waals surface area contributed by atoms with E-state index in [0.717, 1.165) is 11.3 Å². The van der Waals surface area contributed by atoms with Crippen LogP contribution in [0.15, 0.2) is 53.3 Å². The van der Waals surface area contributed by atoms with Gasteiger partial charge in [0.05, 0.1) is 5.69 Å². The predicted octanol–water partition coefficient (Wildman–Crippen LogP) is 3.64. The maximum atomic E-state index is 13.2. The summed E-state index contributed by atoms with van der Waals surface area (Å²) in [5, 5.41) is 0.386. The van der Waals surface area contributed by atoms with E-state index in [1.54, 1.807) is 13.0 Å². The highest BCUT2D eigenvalue weighted by atomic mass is 19.1. The van der Waals surface area contributed by atoms with E-state index >= 15 is 0 Å². The van der Waals surface area contributed by atoms with Crippen molar-refractivity contribution in [3.8, 4) is 11.3 Å². The first-order chi connectivity index (χ1) is 9.16. The number of aromatic nitrogens is 1. The van der Waals surface area contributed by atoms with E-state index in [4.69, 9.17) is 0 Å². The zero-order valence-electron chi connectivity index (χ0n) is 10.4. The molecule has 0 fully saturated rings. The smallest absolute Gasteiger partial charge is 0.193 e. The minimum absolute atomic E-state index is 0.132. The van der Waals surface area contributed by atoms with Gasteiger partial charge in [0.2, 0.25) is 0 Å². The van der Waals surface area contributed by atoms with Gasteiger partial charge < -0.3 is 4.98 Å². The fourth-order valence-corrected chi connectivity index (χ4v) is 2.25. The Morgan fingerprint density at radius 2 is 1.79 bits per heavy atom. The minimum Gasteiger partial charge on any atom is -0.354 e. The average Bonchev–Trinajstić information content (AvgIpc) is 2.44. The fraction of sp³-hybridized carbons (Fsp3) is 0.0625. The number of halogens is 1. The second kappa shape index (κ2) is 4.35. The molecule has 0 bridgehead atoms. The van der Waals surface area contributed by atoms with Gasteiger partial charge in [0.25, 0.3) is 0 Å². The summed E-state index contributed by atoms with van der Waals surface area (Å²) >= 11 is 0. The van der Waals surface area contributed by atoms with E-state index in [9.17, 15) is 9.18 Å². The molecule has 0 aliphatic rings. The summed E-state index contributed by atoms with van der Waals surface area (Å²) in [6.45, 7) is 1.76. The molecule has 2 aromatic carbocycles. The molecule has 0 aliphatic heterocycles. The SMILES string of the molecule is Cc1c(-c2ccccc2)[nH]c2ccc(F)cc2c1=O. The van der Waals surface area contributed by atoms with E-state index in [2.05, 4.69) is 4.98 Å². The number of H-pyrrole nitrogens is 1. The summed E-state index contributed by atoms with van der Waals surface area (Å²) in [4.78, 5) is 15.5. The highest BCUT2D eigenvalue weighted by molar-refractivity contribution is 5.83. The number of hydrogen-bond donors (Lipinski definition) is 1. The fourth-order valence-electron chi connectivity index (χ4n) is 2.25. The zero-order chi connectivity index (χ0) is 13.4. The van der Waals surface area contributed by atoms with Crippen molar-refractivity contribution in [1.29, 1.82) is 0 Å². The Morgan fingerprint density at radius 3 is 2.53 bits per heavy atom. The van der Waals surface area contributed by atoms with Crippen LogP contribution < -0.4 is 5.43 Å². The van der Waals surface area contributed by atoms with Crippen LogP contribution in [0.25, 0.3) is 22.2 Å². The molecule has 0 spiro atoms. The van der Waals surface area contributed by atoms with Crippen molar-refractivity contribution in [1.82, 2.24) is 4.98 Å². The van der Waals surface area contributed by atoms with E-state index in [1.807, 2.05) is 30.3 Å². The summed E-state index contributed by atoms with van der Waals surface area (Å²) in [6.07, 6.45) is 0. The predicted molar refractivity (Wildman–Crippen MR) is 74.7 cm³/mol. The van der Waals surface area contributed by atoms with Gasteiger partial charge in [-0.3, -0.25) is 4.79 Å². The standard InChI is InChI=1S/C16H12FNO/c1-10-15(11-5-3-2-4-6-11)18-14-8-7-12(17)9-13(14)16(10)19/h2-9H,1H3,(H,18,19). The first kappa shape index (κ1) is 11.7. The van der Waals surface area contributed by atoms with Crippen LogP contribution >= 0.6 is 0 Å². The third kappa shape index (κ3) is 1.93. The number of hydrogen-bond acceptors (Lipinski definition) is 1. The number of nitrogens with one attached hydrogen (secondary N) is 1. The molecule has 1 heterocycles. The first-order valence-corrected chi connectivity index (χ1v) is 6.04. The molecule has 3 aromatic rings. The normalized spacial score (nSPS) is 10.8. The van der Waals surface area contributed by atoms with Gasteiger partial charge in [-0.15, -0.1) is 0 Å². The lowest BCUT2D eigenvalue weighted by molar-refractivity contribution is 0.629. The minimum atomic E-state index is -0.398. The van der Waals surface area contributed by atoms with Crippen LogP contribution in [-0.2, 0) is 0 Å². The largest absolute Gasteiger partial charge is 0.354 e. The van der Waals surface area contributed by atoms with Crippen molar-refractivity contribution < 1.29 is 4.39 Å². The van der Waals surface area contributed by atoms with E-state index < -0.39 is 5.82 Å². The maximum absolute atomic E-state index is 13.2. The Bertz CT molecular complexity index is 806. The van der Waals surface area contributed by atoms with Crippen LogP contribution in [0.1, 0.15) is 5.56 Å². The summed E-state index contributed by atoms with van der Waals surface area (Å²) in [5.41, 5.74) is 2.85. The molecule has 0 unspecified atom stereocenters. The van der Waals surface area contributed by atoms with E-state index in [-0.39, 0.29) is 5.43 Å². The molecule has 3 heteroatoms. The molecule has 2 nitrogen and oxygen atoms in total. The highest BCUT2D eigenvalue weighted by Gasteiger charge is 2.10. The van der Waals surface area contributed by atoms with Crippen molar-refractivity contribution in [2.45, 2.75) is 6.92 Å². The van der Waals surface area contributed by atoms with Crippen LogP contribution in [0.4, 0.5) is 4.39 Å². The Hall–Kier alpha value is -2.42. The van der Waals surface area contributed by atoms with Gasteiger partial charge in [-0.25, -0.2) is 4.39 Å². The van der Waals surface area contributed by atoms with Crippen LogP contribution in [0.3, 0.4) is 0 Å². The Labute approximate surface area is 109 Å². The van der Waals surface area contributed by atoms with Gasteiger partial charge in [0.15, 0.2) is 5.43 Å². The molecule has 1 aromatic heterocycles. The lowest BCUT2D eigenvalue weighted by Gasteiger charge is -2.08. The van der Waals surface area contributed by atoms with Crippen molar-refractivity contribution in [3.63, 3.8) is 0 Å². The second-order valence-electron chi connectivity index (χ2n) is 4.51. The van der Waals surface area contributed by atoms with Gasteiger partial charge in [-0.1, -0.05) is 30.3 Å². The van der Waals surface area contributed by atoms with Crippen molar-refractivity contribution >= 4 is 10.9 Å². The van der Waals surface area contributed by atoms with Gasteiger partial charge >= 0.3 is 0 Å². The molecule has 0 radical (unpaired) electrons. The number of benzene rings is 2. The summed E-state index contributed by atoms with van der Waals surface area (Å²) < 4.78 is 13.2. The summed E-state index contributed by atoms with van der Waals surface area (Å²) in [7, 11) is 0. The van der Waals surface area contributed by atoms with Crippen molar-refractivity contribution in [2.75, 3.05) is 0 Å². The topological polar surface area (TPSA) is 32.9 Å². The third-order valence-corrected chi connectivity index (χ3v) is 3.26. The van der Waals surface area contributed by atoms with E-state index in [0.29, 0.717) is 16.5 Å². The number of aromatic amines is 1. The van der Waals surface area contributed by atoms with Gasteiger partial charge in [0.1, 0.15) is 5.82 Å². The molecule has 94 valence electrons. The average molecular weight is 253 g/mol. The highest BCUT2D eigenvalue weighted by Crippen LogP contribution is 2.21. The molecular weight excluding hydrogens is 241 g/mol. The lowest BCUT2D eigenvalue weighted by atomic mass is 10.0. The Kier molecular flexibility index (Phi) is 2.67. The molecule has 19 heavy (non-hydrogen) atoms. The molecule has 0 aliphatic carbocycles. The van der Waals surface area contributed by atoms with Crippen LogP contribution in [0.5, 0.6) is 0 Å². The Balaban J connectivity index is 2.37. The van der Waals surface area contributed by atoms with E-state index in [1.165, 1.54) is 12.1 Å². The number of pyridine rings is 1. The third-order valence-electron chi connectivity index (χ3n) is 3.26. The van der Waals surface area contributed by atoms with Gasteiger partial charge in [0, 0.05) is 16.5 Å². The zero-order valence-corrected chi connectivity index (χ0v) is 10.4. The van der Waals surface area contributed by atoms with Gasteiger partial charge in [-0.2, -0.15) is 0 Å². The quantitative estimate of drug-likeness (QED) is 0.705. The Morgan fingerprint density at radius 1 is 1.05 bits per heavy atom. The maximum Gasteiger partial charge on any atom is 0.193 e. The molecular formula is C16H12FNO. The second-order valence-corrected chi connectivity index (χ2v) is 4.51. The molecule has 0 saturated heterocycles. The van der Waals surface area contributed by atoms with Crippen LogP contribution in [0, 0.1) is 12.7 Å². The van der Waals surface area contributed by atoms with Crippen molar-refractivity contribution in [2.24, 2.45) is 0 Å². The molecule has 1 N–H and O–H groups in total. The first-order valence-electron chi connectivity index (χ1n) is 6.04. The molecule has 0 saturated carbocycles. The van der Waals surface area contributed by atoms with Crippen molar-refractivity contribution in [3.05, 3.63) is 70.1 Å². The lowest BCUT2D eigenvalue weighted by Crippen LogP contribution is -2.09. The van der Waals surface area contributed by atoms with Gasteiger partial charge in [-0.05, 0) is 30.7 Å². The molecule has 0 atom stereocenters. The number of fused-ring (bicyclic) bond motifs is 1. The molecule has 0 amide bonds. The van der Waals surface area contributed by atoms with Crippen LogP contribution in [0.2, 0.25) is 0 Å². The molecule has 3 rings (SSSR count). The summed E-state index contributed by atoms with van der Waals surface area (Å²) in [5.74, 6) is -0.398. The monoisotopic (exact) mass is 253 g/mol.